The molecule has 15 aromatic rings. The first kappa shape index (κ1) is 66.4. The van der Waals surface area contributed by atoms with E-state index in [0.717, 1.165) is 55.9 Å². The third kappa shape index (κ3) is 14.6. The summed E-state index contributed by atoms with van der Waals surface area (Å²) in [7, 11) is 0. The fourth-order valence-corrected chi connectivity index (χ4v) is 11.2. The number of allylic oxidation sites excluding steroid dienone is 2. The van der Waals surface area contributed by atoms with Gasteiger partial charge in [0.2, 0.25) is 0 Å². The maximum atomic E-state index is 11.1. The first-order valence-corrected chi connectivity index (χ1v) is 28.5. The average molecular weight is 1330 g/mol. The Morgan fingerprint density at radius 3 is 1.59 bits per heavy atom. The molecule has 7 nitrogen and oxygen atoms in total. The molecule has 10 heteroatoms. The monoisotopic (exact) mass is 1330 g/mol. The number of imidazole rings is 1. The first-order valence-electron chi connectivity index (χ1n) is 28.5. The van der Waals surface area contributed by atoms with Crippen LogP contribution in [0.3, 0.4) is 0 Å². The van der Waals surface area contributed by atoms with E-state index in [9.17, 15) is 5.11 Å². The van der Waals surface area contributed by atoms with Crippen molar-refractivity contribution in [2.45, 2.75) is 13.8 Å². The van der Waals surface area contributed by atoms with Gasteiger partial charge in [-0.15, -0.1) is 17.7 Å². The Labute approximate surface area is 563 Å². The van der Waals surface area contributed by atoms with Crippen molar-refractivity contribution in [2.75, 3.05) is 0 Å². The van der Waals surface area contributed by atoms with E-state index in [1.165, 1.54) is 96.9 Å². The molecule has 12 aromatic carbocycles. The van der Waals surface area contributed by atoms with E-state index in [4.69, 9.17) is 14.9 Å². The molecule has 0 aliphatic carbocycles. The predicted molar refractivity (Wildman–Crippen MR) is 364 cm³/mol. The van der Waals surface area contributed by atoms with Crippen molar-refractivity contribution in [1.29, 1.82) is 0 Å². The molecule has 0 spiro atoms. The summed E-state index contributed by atoms with van der Waals surface area (Å²) >= 11 is 0. The predicted octanol–water partition coefficient (Wildman–Crippen LogP) is 14.0. The number of aliphatic hydroxyl groups excluding tert-OH is 1. The average Bonchev–Trinajstić information content (AvgIpc) is 0.873. The number of aliphatic hydroxyl groups is 1. The summed E-state index contributed by atoms with van der Waals surface area (Å²) in [6.07, 6.45) is 4.70. The zero-order valence-electron chi connectivity index (χ0n) is 50.9. The van der Waals surface area contributed by atoms with E-state index >= 15 is 0 Å². The Kier molecular flexibility index (Phi) is 22.5. The quantitative estimate of drug-likeness (QED) is 0.0427. The topological polar surface area (TPSA) is 108 Å². The Morgan fingerprint density at radius 1 is 0.467 bits per heavy atom. The molecule has 0 amide bonds. The summed E-state index contributed by atoms with van der Waals surface area (Å²) in [4.78, 5) is 21.8. The Balaban J connectivity index is 0.000000244. The van der Waals surface area contributed by atoms with Crippen molar-refractivity contribution in [2.24, 2.45) is 0 Å². The van der Waals surface area contributed by atoms with E-state index in [1.54, 1.807) is 18.5 Å². The smallest absolute Gasteiger partial charge is 0.871 e. The van der Waals surface area contributed by atoms with Gasteiger partial charge in [0.05, 0.1) is 35.3 Å². The van der Waals surface area contributed by atoms with Crippen LogP contribution in [0.15, 0.2) is 303 Å². The third-order valence-electron chi connectivity index (χ3n) is 15.1. The van der Waals surface area contributed by atoms with Crippen LogP contribution in [0.5, 0.6) is 5.75 Å². The van der Waals surface area contributed by atoms with Gasteiger partial charge in [-0.1, -0.05) is 206 Å². The molecule has 0 unspecified atom stereocenters. The second kappa shape index (κ2) is 30.6. The largest absolute Gasteiger partial charge is 1.00 e. The number of carbonyl (C=O) groups excluding carboxylic acids is 1. The molecular weight excluding hydrogens is 1270 g/mol. The van der Waals surface area contributed by atoms with Crippen LogP contribution in [0.1, 0.15) is 19.4 Å². The number of hydrogen-bond acceptors (Lipinski definition) is 5. The molecule has 0 atom stereocenters. The number of benzene rings is 12. The van der Waals surface area contributed by atoms with Gasteiger partial charge < -0.3 is 17.6 Å². The van der Waals surface area contributed by atoms with E-state index in [1.807, 2.05) is 60.7 Å². The normalized spacial score (nSPS) is 10.7. The molecular formula is C80H62IrLi2N4O3. The van der Waals surface area contributed by atoms with Crippen LogP contribution in [-0.4, -0.2) is 35.2 Å². The van der Waals surface area contributed by atoms with Crippen molar-refractivity contribution in [3.63, 3.8) is 0 Å². The van der Waals surface area contributed by atoms with E-state index in [0.29, 0.717) is 5.52 Å². The van der Waals surface area contributed by atoms with Crippen molar-refractivity contribution in [3.05, 3.63) is 323 Å². The van der Waals surface area contributed by atoms with Gasteiger partial charge in [-0.3, -0.25) is 19.3 Å². The number of aromatic nitrogens is 4. The van der Waals surface area contributed by atoms with Crippen LogP contribution in [0, 0.1) is 14.4 Å². The van der Waals surface area contributed by atoms with Crippen LogP contribution in [0.2, 0.25) is 0 Å². The Hall–Kier alpha value is -9.57. The van der Waals surface area contributed by atoms with E-state index in [2.05, 4.69) is 228 Å². The summed E-state index contributed by atoms with van der Waals surface area (Å²) < 4.78 is 2.26. The molecule has 15 rings (SSSR count). The van der Waals surface area contributed by atoms with Crippen LogP contribution in [0.25, 0.3) is 127 Å². The molecule has 3 aromatic heterocycles. The van der Waals surface area contributed by atoms with Crippen LogP contribution < -0.4 is 42.8 Å². The zero-order chi connectivity index (χ0) is 58.9. The summed E-state index contributed by atoms with van der Waals surface area (Å²) in [5, 5.41) is 30.4. The van der Waals surface area contributed by atoms with Gasteiger partial charge >= 0.3 is 43.5 Å². The second-order valence-electron chi connectivity index (χ2n) is 21.0. The third-order valence-corrected chi connectivity index (χ3v) is 15.1. The van der Waals surface area contributed by atoms with Gasteiger partial charge in [0.1, 0.15) is 5.82 Å². The van der Waals surface area contributed by atoms with Crippen molar-refractivity contribution in [3.8, 4) is 67.5 Å². The van der Waals surface area contributed by atoms with Gasteiger partial charge in [0.15, 0.2) is 0 Å². The molecule has 431 valence electrons. The minimum atomic E-state index is -0.0110. The summed E-state index contributed by atoms with van der Waals surface area (Å²) in [6.45, 7) is 6.96. The maximum absolute atomic E-state index is 11.1. The zero-order valence-corrected chi connectivity index (χ0v) is 53.3. The molecule has 0 saturated carbocycles. The van der Waals surface area contributed by atoms with Crippen LogP contribution in [0.4, 0.5) is 0 Å². The standard InChI is InChI=1S/C53H34N2.C12H10N.C9H7NO.C5H8O2.CH3.Ir.2Li/c1-2-16-44(17-3-1)55-50-21-11-10-20-49(50)54-53(55)38-26-22-37(23-27-38)41-30-31-47-48(34-41)52(43-29-25-36-13-5-7-15-40(36)33-43)46-19-9-8-18-45(46)51(47)42-28-24-35-12-4-6-14-39(35)32-42;1-10-6-2-3-7-11(10)12-8-4-5-9-13-12;11-8-5-1-3-7-4-2-6-10-9(7)8;1-4(6)3-5(2)7;;;;/h1-34H;2-9H,1H2;1-6,11H;3,6H,1-2H3;1H3;;;/q;-1;;;-1;;2*+1. The summed E-state index contributed by atoms with van der Waals surface area (Å²) in [5.74, 6) is 1.17. The number of hydrogen-bond donors (Lipinski definition) is 1. The molecule has 0 aliphatic rings. The number of para-hydroxylation sites is 4. The fraction of sp³-hybridized carbons (Fsp3) is 0.0250. The van der Waals surface area contributed by atoms with Crippen molar-refractivity contribution in [1.82, 2.24) is 19.5 Å². The molecule has 90 heavy (non-hydrogen) atoms. The summed E-state index contributed by atoms with van der Waals surface area (Å²) in [5.41, 5.74) is 15.2. The molecule has 2 N–H and O–H groups in total. The van der Waals surface area contributed by atoms with Gasteiger partial charge in [-0.25, -0.2) is 4.98 Å². The number of nitrogens with zero attached hydrogens (tertiary/aromatic N) is 4. The second-order valence-corrected chi connectivity index (χ2v) is 21.0. The Bertz CT molecular complexity index is 4970. The van der Waals surface area contributed by atoms with Gasteiger partial charge in [-0.2, -0.15) is 18.6 Å². The van der Waals surface area contributed by atoms with E-state index in [-0.39, 0.29) is 82.5 Å². The van der Waals surface area contributed by atoms with Gasteiger partial charge in [0.25, 0.3) is 0 Å². The number of pyridine rings is 2. The fourth-order valence-electron chi connectivity index (χ4n) is 11.2. The van der Waals surface area contributed by atoms with Crippen LogP contribution in [-0.2, 0) is 20.1 Å². The van der Waals surface area contributed by atoms with Crippen molar-refractivity contribution >= 4 is 70.8 Å². The molecule has 0 aliphatic heterocycles. The van der Waals surface area contributed by atoms with Crippen molar-refractivity contribution < 1.29 is 72.8 Å². The number of ketones is 1. The minimum Gasteiger partial charge on any atom is -0.871 e. The Morgan fingerprint density at radius 2 is 0.978 bits per heavy atom. The van der Waals surface area contributed by atoms with Crippen LogP contribution >= 0.6 is 0 Å². The molecule has 1 radical (unpaired) electrons. The van der Waals surface area contributed by atoms with Gasteiger partial charge in [-0.05, 0) is 149 Å². The molecule has 0 bridgehead atoms. The number of fused-ring (bicyclic) bond motifs is 6. The van der Waals surface area contributed by atoms with Gasteiger partial charge in [0, 0.05) is 49.4 Å². The molecule has 0 saturated heterocycles. The van der Waals surface area contributed by atoms with E-state index < -0.39 is 0 Å². The maximum Gasteiger partial charge on any atom is 1.00 e. The molecule has 0 fully saturated rings. The minimum absolute atomic E-state index is 0. The summed E-state index contributed by atoms with van der Waals surface area (Å²) in [6, 6.07) is 97.6. The molecule has 3 heterocycles. The number of rotatable bonds is 7. The first-order chi connectivity index (χ1) is 42.1. The SMILES string of the molecule is CC(=[OH+])C=C(C)O.[CH2-]c1ccccc1-c1ccccn1.[CH3-].[Ir].[Li+].[Li+].[O-]c1cccc2cccnc12.c1ccc(-n2c(-c3ccc(-c4ccc5c(-c6ccc7ccccc7c6)c6ccccc6c(-c6ccc7ccccc7c6)c5c4)cc3)nc3ccccc32)cc1.